The first kappa shape index (κ1) is 13.1. The maximum atomic E-state index is 4.64. The molecular weight excluding hydrogens is 296 g/mol. The highest BCUT2D eigenvalue weighted by Crippen LogP contribution is 2.18. The average molecular weight is 310 g/mol. The van der Waals surface area contributed by atoms with Crippen molar-refractivity contribution >= 4 is 46.4 Å². The average Bonchev–Trinajstić information content (AvgIpc) is 3.34. The lowest BCUT2D eigenvalue weighted by Gasteiger charge is -1.86. The van der Waals surface area contributed by atoms with E-state index in [-0.39, 0.29) is 0 Å². The molecule has 0 radical (unpaired) electrons. The van der Waals surface area contributed by atoms with Crippen LogP contribution in [0.3, 0.4) is 0 Å². The van der Waals surface area contributed by atoms with Gasteiger partial charge in [0, 0.05) is 11.0 Å². The van der Waals surface area contributed by atoms with E-state index in [4.69, 9.17) is 0 Å². The summed E-state index contributed by atoms with van der Waals surface area (Å²) in [6.45, 7) is 0. The van der Waals surface area contributed by atoms with Crippen molar-refractivity contribution in [3.63, 3.8) is 0 Å². The summed E-state index contributed by atoms with van der Waals surface area (Å²) in [5.41, 5.74) is 7.88. The van der Waals surface area contributed by atoms with E-state index in [9.17, 15) is 0 Å². The molecule has 3 aromatic rings. The van der Waals surface area contributed by atoms with Crippen molar-refractivity contribution in [3.8, 4) is 0 Å². The van der Waals surface area contributed by atoms with E-state index < -0.39 is 0 Å². The van der Waals surface area contributed by atoms with Crippen LogP contribution in [0.4, 0.5) is 0 Å². The maximum absolute atomic E-state index is 4.64. The number of H-pyrrole nitrogens is 2. The Hall–Kier alpha value is -3.40. The molecule has 0 spiro atoms. The Morgan fingerprint density at radius 3 is 1.67 bits per heavy atom. The first-order valence-electron chi connectivity index (χ1n) is 7.86. The van der Waals surface area contributed by atoms with Crippen LogP contribution in [0.25, 0.3) is 46.4 Å². The molecule has 0 saturated carbocycles. The van der Waals surface area contributed by atoms with Crippen LogP contribution in [-0.4, -0.2) is 19.9 Å². The van der Waals surface area contributed by atoms with E-state index in [1.165, 1.54) is 0 Å². The van der Waals surface area contributed by atoms with Gasteiger partial charge in [0.2, 0.25) is 0 Å². The second kappa shape index (κ2) is 5.06. The minimum Gasteiger partial charge on any atom is -0.354 e. The molecule has 4 heteroatoms. The van der Waals surface area contributed by atoms with Gasteiger partial charge in [0.25, 0.3) is 0 Å². The number of nitrogens with zero attached hydrogens (tertiary/aromatic N) is 2. The van der Waals surface area contributed by atoms with Gasteiger partial charge >= 0.3 is 0 Å². The fourth-order valence-corrected chi connectivity index (χ4v) is 2.95. The lowest BCUT2D eigenvalue weighted by Crippen LogP contribution is -1.76. The summed E-state index contributed by atoms with van der Waals surface area (Å²) >= 11 is 0. The molecule has 5 rings (SSSR count). The maximum Gasteiger partial charge on any atom is 0.0872 e. The van der Waals surface area contributed by atoms with Crippen molar-refractivity contribution < 1.29 is 0 Å². The zero-order chi connectivity index (χ0) is 15.9. The molecule has 3 aromatic heterocycles. The molecule has 0 saturated heterocycles. The molecule has 2 aliphatic rings. The molecule has 24 heavy (non-hydrogen) atoms. The summed E-state index contributed by atoms with van der Waals surface area (Å²) in [7, 11) is 0. The summed E-state index contributed by atoms with van der Waals surface area (Å²) in [4.78, 5) is 16.1. The van der Waals surface area contributed by atoms with E-state index in [2.05, 4.69) is 50.3 Å². The van der Waals surface area contributed by atoms with Gasteiger partial charge in [0.05, 0.1) is 33.8 Å². The van der Waals surface area contributed by atoms with Crippen molar-refractivity contribution in [2.24, 2.45) is 0 Å². The minimum atomic E-state index is 0.937. The van der Waals surface area contributed by atoms with Crippen LogP contribution in [0.15, 0.2) is 48.5 Å². The predicted octanol–water partition coefficient (Wildman–Crippen LogP) is 4.66. The van der Waals surface area contributed by atoms with Gasteiger partial charge in [0.15, 0.2) is 0 Å². The zero-order valence-corrected chi connectivity index (χ0v) is 12.8. The van der Waals surface area contributed by atoms with E-state index >= 15 is 0 Å². The van der Waals surface area contributed by atoms with Gasteiger partial charge < -0.3 is 9.97 Å². The van der Waals surface area contributed by atoms with Crippen LogP contribution in [0.5, 0.6) is 0 Å². The number of hydrogen-bond donors (Lipinski definition) is 2. The zero-order valence-electron chi connectivity index (χ0n) is 12.8. The van der Waals surface area contributed by atoms with Crippen LogP contribution < -0.4 is 0 Å². The SMILES string of the molecule is C1=Cc2nc1cccc1nc(c3ccc(cc4ccc2[nH]4)[nH]3)C=C1. The summed E-state index contributed by atoms with van der Waals surface area (Å²) in [5.74, 6) is 0. The number of rotatable bonds is 0. The van der Waals surface area contributed by atoms with E-state index in [1.807, 2.05) is 42.5 Å². The molecule has 0 aliphatic carbocycles. The monoisotopic (exact) mass is 310 g/mol. The lowest BCUT2D eigenvalue weighted by atomic mass is 10.3. The standard InChI is InChI=1S/C20H14N4/c1-2-13-4-8-17(21-13)19-10-6-15(23-19)12-16-7-11-20(24-16)18-9-5-14(3-1)22-18/h1-12,23-24H. The summed E-state index contributed by atoms with van der Waals surface area (Å²) in [5, 5.41) is 0. The third-order valence-corrected chi connectivity index (χ3v) is 4.14. The lowest BCUT2D eigenvalue weighted by molar-refractivity contribution is 1.31. The number of aromatic nitrogens is 4. The van der Waals surface area contributed by atoms with Crippen molar-refractivity contribution in [1.82, 2.24) is 19.9 Å². The Bertz CT molecular complexity index is 1070. The Morgan fingerprint density at radius 2 is 1.12 bits per heavy atom. The highest BCUT2D eigenvalue weighted by Gasteiger charge is 2.03. The van der Waals surface area contributed by atoms with Crippen LogP contribution >= 0.6 is 0 Å². The Kier molecular flexibility index (Phi) is 2.76. The van der Waals surface area contributed by atoms with Gasteiger partial charge in [-0.2, -0.15) is 0 Å². The molecule has 2 aliphatic heterocycles. The summed E-state index contributed by atoms with van der Waals surface area (Å²) in [6, 6.07) is 16.3. The van der Waals surface area contributed by atoms with Crippen LogP contribution in [0, 0.1) is 0 Å². The first-order valence-corrected chi connectivity index (χ1v) is 7.86. The predicted molar refractivity (Wildman–Crippen MR) is 98.9 cm³/mol. The molecule has 0 amide bonds. The van der Waals surface area contributed by atoms with Crippen molar-refractivity contribution in [2.75, 3.05) is 0 Å². The third-order valence-electron chi connectivity index (χ3n) is 4.14. The number of fused-ring (bicyclic) bond motifs is 10. The van der Waals surface area contributed by atoms with Gasteiger partial charge in [-0.3, -0.25) is 0 Å². The summed E-state index contributed by atoms with van der Waals surface area (Å²) < 4.78 is 0. The van der Waals surface area contributed by atoms with Crippen molar-refractivity contribution in [2.45, 2.75) is 0 Å². The molecule has 4 nitrogen and oxygen atoms in total. The number of aromatic amines is 2. The number of nitrogens with one attached hydrogen (secondary N) is 2. The molecule has 2 N–H and O–H groups in total. The van der Waals surface area contributed by atoms with Gasteiger partial charge in [-0.25, -0.2) is 9.97 Å². The highest BCUT2D eigenvalue weighted by molar-refractivity contribution is 5.82. The smallest absolute Gasteiger partial charge is 0.0872 e. The van der Waals surface area contributed by atoms with E-state index in [0.29, 0.717) is 0 Å². The van der Waals surface area contributed by atoms with E-state index in [0.717, 1.165) is 44.8 Å². The molecule has 114 valence electrons. The molecule has 0 unspecified atom stereocenters. The van der Waals surface area contributed by atoms with Crippen LogP contribution in [0.2, 0.25) is 0 Å². The Morgan fingerprint density at radius 1 is 0.583 bits per heavy atom. The quantitative estimate of drug-likeness (QED) is 0.437. The largest absolute Gasteiger partial charge is 0.354 e. The number of hydrogen-bond acceptors (Lipinski definition) is 2. The van der Waals surface area contributed by atoms with Gasteiger partial charge in [-0.05, 0) is 66.8 Å². The molecular formula is C20H14N4. The second-order valence-corrected chi connectivity index (χ2v) is 5.84. The van der Waals surface area contributed by atoms with Crippen molar-refractivity contribution in [3.05, 3.63) is 71.3 Å². The van der Waals surface area contributed by atoms with Crippen LogP contribution in [0.1, 0.15) is 22.8 Å². The molecule has 0 fully saturated rings. The topological polar surface area (TPSA) is 57.4 Å². The van der Waals surface area contributed by atoms with Gasteiger partial charge in [0.1, 0.15) is 0 Å². The van der Waals surface area contributed by atoms with Crippen LogP contribution in [-0.2, 0) is 0 Å². The Balaban J connectivity index is 1.86. The Labute approximate surface area is 138 Å². The second-order valence-electron chi connectivity index (χ2n) is 5.84. The molecule has 8 bridgehead atoms. The van der Waals surface area contributed by atoms with Gasteiger partial charge in [-0.1, -0.05) is 6.07 Å². The minimum absolute atomic E-state index is 0.937. The fourth-order valence-electron chi connectivity index (χ4n) is 2.95. The fraction of sp³-hybridized carbons (Fsp3) is 0. The third kappa shape index (κ3) is 2.25. The van der Waals surface area contributed by atoms with E-state index in [1.54, 1.807) is 0 Å². The first-order chi connectivity index (χ1) is 11.8. The normalized spacial score (nSPS) is 12.7. The molecule has 0 aromatic carbocycles. The summed E-state index contributed by atoms with van der Waals surface area (Å²) in [6.07, 6.45) is 8.09. The highest BCUT2D eigenvalue weighted by atomic mass is 14.8. The molecule has 0 atom stereocenters. The van der Waals surface area contributed by atoms with Crippen molar-refractivity contribution in [1.29, 1.82) is 0 Å². The van der Waals surface area contributed by atoms with Gasteiger partial charge in [-0.15, -0.1) is 0 Å². The molecule has 5 heterocycles.